The van der Waals surface area contributed by atoms with Crippen molar-refractivity contribution in [3.8, 4) is 17.2 Å². The Kier molecular flexibility index (Phi) is 5.98. The van der Waals surface area contributed by atoms with E-state index in [1.165, 1.54) is 0 Å². The number of carbonyl (C=O) groups is 1. The molecule has 0 radical (unpaired) electrons. The molecule has 4 aromatic rings. The second-order valence-corrected chi connectivity index (χ2v) is 7.62. The van der Waals surface area contributed by atoms with Crippen LogP contribution >= 0.6 is 23.2 Å². The van der Waals surface area contributed by atoms with Crippen LogP contribution in [0.25, 0.3) is 10.9 Å². The Balaban J connectivity index is 1.74. The summed E-state index contributed by atoms with van der Waals surface area (Å²) in [4.78, 5) is 17.4. The number of fused-ring (bicyclic) bond motifs is 1. The monoisotopic (exact) mass is 452 g/mol. The highest BCUT2D eigenvalue weighted by molar-refractivity contribution is 6.40. The van der Waals surface area contributed by atoms with E-state index in [1.54, 1.807) is 43.6 Å². The van der Waals surface area contributed by atoms with Gasteiger partial charge in [-0.05, 0) is 43.3 Å². The van der Waals surface area contributed by atoms with Crippen LogP contribution in [0.4, 0.5) is 5.69 Å². The first-order valence-electron chi connectivity index (χ1n) is 9.43. The molecule has 1 N–H and O–H groups in total. The first kappa shape index (κ1) is 21.0. The van der Waals surface area contributed by atoms with Gasteiger partial charge in [-0.25, -0.2) is 0 Å². The molecule has 1 amide bonds. The highest BCUT2D eigenvalue weighted by Gasteiger charge is 2.17. The Labute approximate surface area is 189 Å². The second kappa shape index (κ2) is 8.84. The lowest BCUT2D eigenvalue weighted by Crippen LogP contribution is -2.13. The van der Waals surface area contributed by atoms with E-state index in [0.29, 0.717) is 28.5 Å². The van der Waals surface area contributed by atoms with Gasteiger partial charge >= 0.3 is 0 Å². The van der Waals surface area contributed by atoms with Crippen LogP contribution in [0.1, 0.15) is 15.9 Å². The summed E-state index contributed by atoms with van der Waals surface area (Å²) in [5, 5.41) is 4.17. The number of para-hydroxylation sites is 1. The number of carbonyl (C=O) groups excluding carboxylic acids is 1. The fourth-order valence-corrected chi connectivity index (χ4v) is 3.79. The fourth-order valence-electron chi connectivity index (χ4n) is 3.22. The minimum absolute atomic E-state index is 0.211. The number of methoxy groups -OCH3 is 1. The van der Waals surface area contributed by atoms with Crippen molar-refractivity contribution in [3.05, 3.63) is 88.0 Å². The van der Waals surface area contributed by atoms with Crippen LogP contribution < -0.4 is 14.8 Å². The fraction of sp³-hybridized carbons (Fsp3) is 0.0833. The molecule has 7 heteroatoms. The lowest BCUT2D eigenvalue weighted by Gasteiger charge is -2.15. The number of anilines is 1. The van der Waals surface area contributed by atoms with Crippen molar-refractivity contribution < 1.29 is 14.3 Å². The molecule has 0 spiro atoms. The summed E-state index contributed by atoms with van der Waals surface area (Å²) >= 11 is 12.4. The SMILES string of the molecule is COc1cccc(Oc2c(C)cnc3c(NC(=O)c4c(Cl)cccc4Cl)cccc23)c1. The van der Waals surface area contributed by atoms with Crippen molar-refractivity contribution >= 4 is 45.7 Å². The third kappa shape index (κ3) is 4.29. The minimum atomic E-state index is -0.416. The zero-order chi connectivity index (χ0) is 22.0. The van der Waals surface area contributed by atoms with E-state index >= 15 is 0 Å². The van der Waals surface area contributed by atoms with Gasteiger partial charge in [-0.15, -0.1) is 0 Å². The number of nitrogens with one attached hydrogen (secondary N) is 1. The third-order valence-corrected chi connectivity index (χ3v) is 5.36. The van der Waals surface area contributed by atoms with Crippen LogP contribution in [0.2, 0.25) is 10.0 Å². The molecule has 156 valence electrons. The molecule has 0 saturated heterocycles. The zero-order valence-corrected chi connectivity index (χ0v) is 18.3. The van der Waals surface area contributed by atoms with Gasteiger partial charge in [0.2, 0.25) is 0 Å². The molecule has 0 fully saturated rings. The van der Waals surface area contributed by atoms with Crippen molar-refractivity contribution in [2.24, 2.45) is 0 Å². The largest absolute Gasteiger partial charge is 0.497 e. The molecular weight excluding hydrogens is 435 g/mol. The predicted octanol–water partition coefficient (Wildman–Crippen LogP) is 6.90. The number of pyridine rings is 1. The highest BCUT2D eigenvalue weighted by atomic mass is 35.5. The quantitative estimate of drug-likeness (QED) is 0.357. The molecule has 0 atom stereocenters. The first-order valence-corrected chi connectivity index (χ1v) is 10.2. The minimum Gasteiger partial charge on any atom is -0.497 e. The van der Waals surface area contributed by atoms with Crippen LogP contribution in [-0.2, 0) is 0 Å². The number of rotatable bonds is 5. The number of hydrogen-bond donors (Lipinski definition) is 1. The Hall–Kier alpha value is -3.28. The standard InChI is InChI=1S/C24H18Cl2N2O3/c1-14-13-27-22-17(23(14)31-16-7-3-6-15(12-16)30-2)8-4-11-20(22)28-24(29)21-18(25)9-5-10-19(21)26/h3-13H,1-2H3,(H,28,29). The van der Waals surface area contributed by atoms with Crippen molar-refractivity contribution in [1.82, 2.24) is 4.98 Å². The first-order chi connectivity index (χ1) is 15.0. The molecule has 0 saturated carbocycles. The van der Waals surface area contributed by atoms with E-state index in [9.17, 15) is 4.79 Å². The van der Waals surface area contributed by atoms with Crippen LogP contribution in [-0.4, -0.2) is 18.0 Å². The van der Waals surface area contributed by atoms with Gasteiger partial charge in [-0.2, -0.15) is 0 Å². The number of aryl methyl sites for hydroxylation is 1. The summed E-state index contributed by atoms with van der Waals surface area (Å²) in [6, 6.07) is 17.8. The summed E-state index contributed by atoms with van der Waals surface area (Å²) in [7, 11) is 1.60. The molecule has 4 rings (SSSR count). The van der Waals surface area contributed by atoms with Crippen LogP contribution in [0.3, 0.4) is 0 Å². The van der Waals surface area contributed by atoms with Gasteiger partial charge in [0.1, 0.15) is 17.2 Å². The van der Waals surface area contributed by atoms with E-state index in [1.807, 2.05) is 37.3 Å². The van der Waals surface area contributed by atoms with Gasteiger partial charge in [-0.3, -0.25) is 9.78 Å². The lowest BCUT2D eigenvalue weighted by atomic mass is 10.1. The van der Waals surface area contributed by atoms with Gasteiger partial charge < -0.3 is 14.8 Å². The van der Waals surface area contributed by atoms with E-state index in [-0.39, 0.29) is 15.6 Å². The number of benzene rings is 3. The number of hydrogen-bond acceptors (Lipinski definition) is 4. The smallest absolute Gasteiger partial charge is 0.258 e. The average molecular weight is 453 g/mol. The van der Waals surface area contributed by atoms with Crippen molar-refractivity contribution in [3.63, 3.8) is 0 Å². The predicted molar refractivity (Wildman–Crippen MR) is 124 cm³/mol. The van der Waals surface area contributed by atoms with Crippen LogP contribution in [0.15, 0.2) is 66.9 Å². The molecule has 1 heterocycles. The van der Waals surface area contributed by atoms with Gasteiger partial charge in [-0.1, -0.05) is 41.4 Å². The zero-order valence-electron chi connectivity index (χ0n) is 16.8. The maximum Gasteiger partial charge on any atom is 0.258 e. The molecule has 0 aliphatic rings. The van der Waals surface area contributed by atoms with Gasteiger partial charge in [0.15, 0.2) is 0 Å². The van der Waals surface area contributed by atoms with E-state index < -0.39 is 5.91 Å². The van der Waals surface area contributed by atoms with Crippen LogP contribution in [0.5, 0.6) is 17.2 Å². The topological polar surface area (TPSA) is 60.5 Å². The Morgan fingerprint density at radius 1 is 0.968 bits per heavy atom. The summed E-state index contributed by atoms with van der Waals surface area (Å²) in [6.45, 7) is 1.91. The number of aromatic nitrogens is 1. The molecule has 0 aliphatic carbocycles. The molecular formula is C24H18Cl2N2O3. The van der Waals surface area contributed by atoms with Gasteiger partial charge in [0, 0.05) is 23.2 Å². The molecule has 5 nitrogen and oxygen atoms in total. The third-order valence-electron chi connectivity index (χ3n) is 4.73. The average Bonchev–Trinajstić information content (AvgIpc) is 2.76. The number of halogens is 2. The van der Waals surface area contributed by atoms with Crippen molar-refractivity contribution in [2.45, 2.75) is 6.92 Å². The molecule has 3 aromatic carbocycles. The highest BCUT2D eigenvalue weighted by Crippen LogP contribution is 2.36. The molecule has 1 aromatic heterocycles. The number of nitrogens with zero attached hydrogens (tertiary/aromatic N) is 1. The number of ether oxygens (including phenoxy) is 2. The van der Waals surface area contributed by atoms with E-state index in [4.69, 9.17) is 32.7 Å². The maximum atomic E-state index is 12.9. The van der Waals surface area contributed by atoms with E-state index in [0.717, 1.165) is 10.9 Å². The molecule has 0 bridgehead atoms. The van der Waals surface area contributed by atoms with Crippen molar-refractivity contribution in [2.75, 3.05) is 12.4 Å². The van der Waals surface area contributed by atoms with Gasteiger partial charge in [0.25, 0.3) is 5.91 Å². The summed E-state index contributed by atoms with van der Waals surface area (Å²) < 4.78 is 11.4. The normalized spacial score (nSPS) is 10.7. The Bertz CT molecular complexity index is 1270. The van der Waals surface area contributed by atoms with E-state index in [2.05, 4.69) is 10.3 Å². The van der Waals surface area contributed by atoms with Crippen LogP contribution in [0, 0.1) is 6.92 Å². The molecule has 0 aliphatic heterocycles. The van der Waals surface area contributed by atoms with Crippen molar-refractivity contribution in [1.29, 1.82) is 0 Å². The Morgan fingerprint density at radius 2 is 1.65 bits per heavy atom. The second-order valence-electron chi connectivity index (χ2n) is 6.80. The molecule has 31 heavy (non-hydrogen) atoms. The molecule has 0 unspecified atom stereocenters. The van der Waals surface area contributed by atoms with Gasteiger partial charge in [0.05, 0.1) is 33.9 Å². The Morgan fingerprint density at radius 3 is 2.39 bits per heavy atom. The summed E-state index contributed by atoms with van der Waals surface area (Å²) in [5.41, 5.74) is 2.17. The lowest BCUT2D eigenvalue weighted by molar-refractivity contribution is 0.102. The maximum absolute atomic E-state index is 12.9. The summed E-state index contributed by atoms with van der Waals surface area (Å²) in [6.07, 6.45) is 1.70. The number of amides is 1. The summed E-state index contributed by atoms with van der Waals surface area (Å²) in [5.74, 6) is 1.55.